The van der Waals surface area contributed by atoms with Crippen LogP contribution in [0.5, 0.6) is 0 Å². The first-order valence-electron chi connectivity index (χ1n) is 6.62. The molecule has 0 bridgehead atoms. The highest BCUT2D eigenvalue weighted by atomic mass is 32.2. The monoisotopic (exact) mass is 277 g/mol. The Kier molecular flexibility index (Phi) is 6.08. The van der Waals surface area contributed by atoms with Crippen molar-refractivity contribution in [2.45, 2.75) is 45.4 Å². The van der Waals surface area contributed by atoms with Gasteiger partial charge in [-0.15, -0.1) is 0 Å². The van der Waals surface area contributed by atoms with E-state index < -0.39 is 16.0 Å². The van der Waals surface area contributed by atoms with Gasteiger partial charge in [-0.1, -0.05) is 26.2 Å². The summed E-state index contributed by atoms with van der Waals surface area (Å²) in [4.78, 5) is 10.3. The summed E-state index contributed by atoms with van der Waals surface area (Å²) in [6.45, 7) is 2.65. The third kappa shape index (κ3) is 5.82. The SMILES string of the molecule is CCC1CCC(CNS(=O)(=O)CCC(=O)O)CC1. The lowest BCUT2D eigenvalue weighted by atomic mass is 9.81. The topological polar surface area (TPSA) is 83.5 Å². The summed E-state index contributed by atoms with van der Waals surface area (Å²) in [6, 6.07) is 0. The molecule has 106 valence electrons. The van der Waals surface area contributed by atoms with E-state index in [0.29, 0.717) is 12.5 Å². The van der Waals surface area contributed by atoms with Gasteiger partial charge in [-0.3, -0.25) is 4.79 Å². The molecule has 1 aliphatic rings. The molecule has 1 saturated carbocycles. The molecule has 0 spiro atoms. The molecule has 0 unspecified atom stereocenters. The zero-order valence-electron chi connectivity index (χ0n) is 10.9. The standard InChI is InChI=1S/C12H23NO4S/c1-2-10-3-5-11(6-4-10)9-13-18(16,17)8-7-12(14)15/h10-11,13H,2-9H2,1H3,(H,14,15). The summed E-state index contributed by atoms with van der Waals surface area (Å²) in [6.07, 6.45) is 5.37. The van der Waals surface area contributed by atoms with Crippen molar-refractivity contribution < 1.29 is 18.3 Å². The Labute approximate surface area is 109 Å². The van der Waals surface area contributed by atoms with Gasteiger partial charge >= 0.3 is 5.97 Å². The molecule has 0 aromatic carbocycles. The number of rotatable bonds is 7. The summed E-state index contributed by atoms with van der Waals surface area (Å²) in [5, 5.41) is 8.46. The van der Waals surface area contributed by atoms with Crippen molar-refractivity contribution in [1.29, 1.82) is 0 Å². The van der Waals surface area contributed by atoms with Gasteiger partial charge in [0.05, 0.1) is 12.2 Å². The van der Waals surface area contributed by atoms with Crippen LogP contribution >= 0.6 is 0 Å². The van der Waals surface area contributed by atoms with Gasteiger partial charge in [0.25, 0.3) is 0 Å². The molecule has 1 fully saturated rings. The van der Waals surface area contributed by atoms with Gasteiger partial charge in [-0.05, 0) is 24.7 Å². The number of hydrogen-bond donors (Lipinski definition) is 2. The number of hydrogen-bond acceptors (Lipinski definition) is 3. The third-order valence-corrected chi connectivity index (χ3v) is 5.07. The zero-order valence-corrected chi connectivity index (χ0v) is 11.7. The van der Waals surface area contributed by atoms with Crippen LogP contribution < -0.4 is 4.72 Å². The fraction of sp³-hybridized carbons (Fsp3) is 0.917. The zero-order chi connectivity index (χ0) is 13.6. The lowest BCUT2D eigenvalue weighted by molar-refractivity contribution is -0.136. The van der Waals surface area contributed by atoms with Crippen LogP contribution in [-0.4, -0.2) is 31.8 Å². The normalized spacial score (nSPS) is 24.9. The second-order valence-electron chi connectivity index (χ2n) is 5.11. The van der Waals surface area contributed by atoms with E-state index in [2.05, 4.69) is 11.6 Å². The van der Waals surface area contributed by atoms with Crippen LogP contribution in [0, 0.1) is 11.8 Å². The van der Waals surface area contributed by atoms with Crippen LogP contribution in [0.25, 0.3) is 0 Å². The second kappa shape index (κ2) is 7.09. The van der Waals surface area contributed by atoms with Gasteiger partial charge in [-0.2, -0.15) is 0 Å². The highest BCUT2D eigenvalue weighted by molar-refractivity contribution is 7.89. The molecule has 1 aliphatic carbocycles. The molecule has 6 heteroatoms. The first-order chi connectivity index (χ1) is 8.43. The Hall–Kier alpha value is -0.620. The van der Waals surface area contributed by atoms with Crippen molar-refractivity contribution in [3.05, 3.63) is 0 Å². The smallest absolute Gasteiger partial charge is 0.304 e. The van der Waals surface area contributed by atoms with E-state index in [1.54, 1.807) is 0 Å². The van der Waals surface area contributed by atoms with Crippen LogP contribution in [0.4, 0.5) is 0 Å². The van der Waals surface area contributed by atoms with Crippen LogP contribution in [0.3, 0.4) is 0 Å². The van der Waals surface area contributed by atoms with E-state index in [1.807, 2.05) is 0 Å². The van der Waals surface area contributed by atoms with Gasteiger partial charge in [0.1, 0.15) is 0 Å². The molecule has 0 atom stereocenters. The number of aliphatic carboxylic acids is 1. The first kappa shape index (κ1) is 15.4. The molecule has 0 aromatic rings. The van der Waals surface area contributed by atoms with E-state index in [0.717, 1.165) is 18.8 Å². The van der Waals surface area contributed by atoms with E-state index >= 15 is 0 Å². The van der Waals surface area contributed by atoms with E-state index in [9.17, 15) is 13.2 Å². The van der Waals surface area contributed by atoms with E-state index in [-0.39, 0.29) is 12.2 Å². The maximum Gasteiger partial charge on any atom is 0.304 e. The lowest BCUT2D eigenvalue weighted by Crippen LogP contribution is -2.33. The number of carboxylic acids is 1. The molecule has 0 heterocycles. The minimum Gasteiger partial charge on any atom is -0.481 e. The largest absolute Gasteiger partial charge is 0.481 e. The summed E-state index contributed by atoms with van der Waals surface area (Å²) in [5.74, 6) is -0.201. The van der Waals surface area contributed by atoms with Gasteiger partial charge in [0, 0.05) is 6.54 Å². The number of sulfonamides is 1. The van der Waals surface area contributed by atoms with Gasteiger partial charge in [-0.25, -0.2) is 13.1 Å². The van der Waals surface area contributed by atoms with Crippen molar-refractivity contribution >= 4 is 16.0 Å². The van der Waals surface area contributed by atoms with Crippen molar-refractivity contribution in [1.82, 2.24) is 4.72 Å². The molecule has 18 heavy (non-hydrogen) atoms. The summed E-state index contributed by atoms with van der Waals surface area (Å²) in [5.41, 5.74) is 0. The Morgan fingerprint density at radius 2 is 1.78 bits per heavy atom. The molecular formula is C12H23NO4S. The summed E-state index contributed by atoms with van der Waals surface area (Å²) >= 11 is 0. The minimum absolute atomic E-state index is 0.327. The molecule has 1 rings (SSSR count). The van der Waals surface area contributed by atoms with Crippen molar-refractivity contribution in [2.24, 2.45) is 11.8 Å². The predicted octanol–water partition coefficient (Wildman–Crippen LogP) is 1.60. The molecule has 2 N–H and O–H groups in total. The second-order valence-corrected chi connectivity index (χ2v) is 7.03. The van der Waals surface area contributed by atoms with Crippen LogP contribution in [0.2, 0.25) is 0 Å². The first-order valence-corrected chi connectivity index (χ1v) is 8.27. The molecule has 0 radical (unpaired) electrons. The van der Waals surface area contributed by atoms with Crippen LogP contribution in [0.1, 0.15) is 45.4 Å². The fourth-order valence-corrected chi connectivity index (χ4v) is 3.46. The van der Waals surface area contributed by atoms with Gasteiger partial charge in [0.2, 0.25) is 10.0 Å². The maximum absolute atomic E-state index is 11.5. The Morgan fingerprint density at radius 3 is 2.28 bits per heavy atom. The number of carboxylic acid groups (broad SMARTS) is 1. The van der Waals surface area contributed by atoms with Gasteiger partial charge < -0.3 is 5.11 Å². The number of carbonyl (C=O) groups is 1. The molecule has 0 aromatic heterocycles. The molecule has 0 amide bonds. The Balaban J connectivity index is 2.26. The lowest BCUT2D eigenvalue weighted by Gasteiger charge is -2.27. The quantitative estimate of drug-likeness (QED) is 0.740. The van der Waals surface area contributed by atoms with Crippen molar-refractivity contribution in [3.8, 4) is 0 Å². The summed E-state index contributed by atoms with van der Waals surface area (Å²) < 4.78 is 25.6. The molecule has 0 saturated heterocycles. The molecule has 0 aliphatic heterocycles. The Morgan fingerprint density at radius 1 is 1.22 bits per heavy atom. The third-order valence-electron chi connectivity index (χ3n) is 3.72. The van der Waals surface area contributed by atoms with E-state index in [1.165, 1.54) is 19.3 Å². The Bertz CT molecular complexity index is 358. The van der Waals surface area contributed by atoms with E-state index in [4.69, 9.17) is 5.11 Å². The van der Waals surface area contributed by atoms with Crippen molar-refractivity contribution in [2.75, 3.05) is 12.3 Å². The number of nitrogens with one attached hydrogen (secondary N) is 1. The highest BCUT2D eigenvalue weighted by Crippen LogP contribution is 2.30. The average molecular weight is 277 g/mol. The highest BCUT2D eigenvalue weighted by Gasteiger charge is 2.21. The van der Waals surface area contributed by atoms with Gasteiger partial charge in [0.15, 0.2) is 0 Å². The molecule has 5 nitrogen and oxygen atoms in total. The minimum atomic E-state index is -3.43. The van der Waals surface area contributed by atoms with Crippen LogP contribution in [0.15, 0.2) is 0 Å². The molecular weight excluding hydrogens is 254 g/mol. The summed E-state index contributed by atoms with van der Waals surface area (Å²) in [7, 11) is -3.43. The van der Waals surface area contributed by atoms with Crippen LogP contribution in [-0.2, 0) is 14.8 Å². The fourth-order valence-electron chi connectivity index (χ4n) is 2.38. The predicted molar refractivity (Wildman–Crippen MR) is 69.8 cm³/mol. The van der Waals surface area contributed by atoms with Crippen molar-refractivity contribution in [3.63, 3.8) is 0 Å². The average Bonchev–Trinajstić information content (AvgIpc) is 2.35. The maximum atomic E-state index is 11.5.